The maximum Gasteiger partial charge on any atom is 0.342 e. The molecule has 0 aliphatic rings. The molecule has 0 unspecified atom stereocenters. The van der Waals surface area contributed by atoms with E-state index in [9.17, 15) is 9.28 Å². The first-order chi connectivity index (χ1) is 3.31. The van der Waals surface area contributed by atoms with Crippen molar-refractivity contribution in [3.63, 3.8) is 0 Å². The molecule has 1 radical (unpaired) electrons. The average molecular weight is 104 g/mol. The Labute approximate surface area is 41.9 Å². The Morgan fingerprint density at radius 3 is 2.57 bits per heavy atom. The molecule has 2 nitrogen and oxygen atoms in total. The SMILES string of the molecule is CCCN(F)[C]=O. The van der Waals surface area contributed by atoms with Crippen molar-refractivity contribution >= 4 is 6.41 Å². The fraction of sp³-hybridized carbons (Fsp3) is 0.750. The van der Waals surface area contributed by atoms with Crippen molar-refractivity contribution in [2.24, 2.45) is 0 Å². The zero-order valence-corrected chi connectivity index (χ0v) is 4.15. The lowest BCUT2D eigenvalue weighted by molar-refractivity contribution is 0.115. The van der Waals surface area contributed by atoms with Crippen LogP contribution in [0.25, 0.3) is 0 Å². The third kappa shape index (κ3) is 3.22. The number of hydrogen-bond acceptors (Lipinski definition) is 1. The van der Waals surface area contributed by atoms with Gasteiger partial charge >= 0.3 is 6.41 Å². The first-order valence-electron chi connectivity index (χ1n) is 2.12. The predicted molar refractivity (Wildman–Crippen MR) is 23.8 cm³/mol. The Morgan fingerprint density at radius 2 is 2.43 bits per heavy atom. The second kappa shape index (κ2) is 3.59. The second-order valence-electron chi connectivity index (χ2n) is 1.18. The van der Waals surface area contributed by atoms with E-state index in [-0.39, 0.29) is 11.7 Å². The van der Waals surface area contributed by atoms with Crippen LogP contribution in [0, 0.1) is 0 Å². The minimum absolute atomic E-state index is 0. The number of nitrogens with zero attached hydrogens (tertiary/aromatic N) is 1. The molecule has 0 spiro atoms. The minimum Gasteiger partial charge on any atom is -0.261 e. The fourth-order valence-electron chi connectivity index (χ4n) is 0.242. The number of carbonyl (C=O) groups excluding carboxylic acids is 1. The largest absolute Gasteiger partial charge is 0.342 e. The van der Waals surface area contributed by atoms with E-state index in [0.29, 0.717) is 6.42 Å². The number of hydrogen-bond donors (Lipinski definition) is 0. The summed E-state index contributed by atoms with van der Waals surface area (Å²) in [6.45, 7) is 1.92. The maximum atomic E-state index is 11.5. The molecule has 0 heterocycles. The highest BCUT2D eigenvalue weighted by atomic mass is 19.2. The average Bonchev–Trinajstić information content (AvgIpc) is 1.68. The van der Waals surface area contributed by atoms with Crippen LogP contribution in [0.3, 0.4) is 0 Å². The van der Waals surface area contributed by atoms with E-state index in [2.05, 4.69) is 0 Å². The van der Waals surface area contributed by atoms with Gasteiger partial charge in [0.05, 0.1) is 6.54 Å². The Morgan fingerprint density at radius 1 is 1.86 bits per heavy atom. The van der Waals surface area contributed by atoms with Gasteiger partial charge < -0.3 is 0 Å². The van der Waals surface area contributed by atoms with Crippen LogP contribution in [0.4, 0.5) is 4.48 Å². The van der Waals surface area contributed by atoms with Crippen LogP contribution < -0.4 is 0 Å². The van der Waals surface area contributed by atoms with Crippen LogP contribution in [0.1, 0.15) is 13.3 Å². The summed E-state index contributed by atoms with van der Waals surface area (Å²) in [7, 11) is 0. The summed E-state index contributed by atoms with van der Waals surface area (Å²) < 4.78 is 11.5. The van der Waals surface area contributed by atoms with Crippen LogP contribution in [-0.4, -0.2) is 18.1 Å². The first-order valence-corrected chi connectivity index (χ1v) is 2.12. The van der Waals surface area contributed by atoms with Gasteiger partial charge in [-0.15, -0.1) is 0 Å². The van der Waals surface area contributed by atoms with E-state index < -0.39 is 0 Å². The quantitative estimate of drug-likeness (QED) is 0.380. The highest BCUT2D eigenvalue weighted by Crippen LogP contribution is 1.83. The first kappa shape index (κ1) is 6.40. The van der Waals surface area contributed by atoms with Gasteiger partial charge in [-0.25, -0.2) is 0 Å². The Hall–Kier alpha value is -0.600. The van der Waals surface area contributed by atoms with E-state index in [1.807, 2.05) is 0 Å². The van der Waals surface area contributed by atoms with E-state index in [4.69, 9.17) is 0 Å². The van der Waals surface area contributed by atoms with Gasteiger partial charge in [0.2, 0.25) is 0 Å². The molecule has 0 rings (SSSR count). The second-order valence-corrected chi connectivity index (χ2v) is 1.18. The number of amides is 1. The number of rotatable bonds is 3. The van der Waals surface area contributed by atoms with Crippen LogP contribution >= 0.6 is 0 Å². The summed E-state index contributed by atoms with van der Waals surface area (Å²) >= 11 is 0. The molecular weight excluding hydrogens is 97.0 g/mol. The van der Waals surface area contributed by atoms with Gasteiger partial charge in [-0.05, 0) is 6.42 Å². The van der Waals surface area contributed by atoms with Crippen LogP contribution in [0.2, 0.25) is 0 Å². The predicted octanol–water partition coefficient (Wildman–Crippen LogP) is 0.650. The van der Waals surface area contributed by atoms with Gasteiger partial charge in [-0.2, -0.15) is 5.12 Å². The van der Waals surface area contributed by atoms with Gasteiger partial charge in [0.25, 0.3) is 0 Å². The molecule has 0 aromatic heterocycles. The van der Waals surface area contributed by atoms with Crippen LogP contribution in [0.5, 0.6) is 0 Å². The lowest BCUT2D eigenvalue weighted by Crippen LogP contribution is -2.10. The molecule has 1 amide bonds. The summed E-state index contributed by atoms with van der Waals surface area (Å²) in [4.78, 5) is 9.32. The Balaban J connectivity index is 2.98. The Kier molecular flexibility index (Phi) is 3.28. The smallest absolute Gasteiger partial charge is 0.261 e. The highest BCUT2D eigenvalue weighted by molar-refractivity contribution is 5.45. The molecule has 0 aromatic carbocycles. The van der Waals surface area contributed by atoms with Gasteiger partial charge in [-0.3, -0.25) is 4.79 Å². The standard InChI is InChI=1S/C4H7FNO/c1-2-3-6(5)4-7/h2-3H2,1H3. The van der Waals surface area contributed by atoms with Crippen molar-refractivity contribution in [2.45, 2.75) is 13.3 Å². The zero-order chi connectivity index (χ0) is 5.70. The normalized spacial score (nSPS) is 8.29. The minimum atomic E-state index is 0. The van der Waals surface area contributed by atoms with Gasteiger partial charge in [-0.1, -0.05) is 11.4 Å². The van der Waals surface area contributed by atoms with E-state index in [1.54, 1.807) is 6.92 Å². The van der Waals surface area contributed by atoms with Crippen molar-refractivity contribution < 1.29 is 9.28 Å². The van der Waals surface area contributed by atoms with E-state index in [1.165, 1.54) is 0 Å². The molecule has 3 heteroatoms. The molecular formula is C4H7FNO. The van der Waals surface area contributed by atoms with Crippen molar-refractivity contribution in [2.75, 3.05) is 6.54 Å². The fourth-order valence-corrected chi connectivity index (χ4v) is 0.242. The molecule has 7 heavy (non-hydrogen) atoms. The molecule has 0 aliphatic heterocycles. The summed E-state index contributed by atoms with van der Waals surface area (Å²) in [5.41, 5.74) is 0. The molecule has 41 valence electrons. The third-order valence-electron chi connectivity index (χ3n) is 0.519. The summed E-state index contributed by atoms with van der Waals surface area (Å²) in [6.07, 6.45) is 1.71. The van der Waals surface area contributed by atoms with E-state index >= 15 is 0 Å². The molecule has 0 saturated carbocycles. The van der Waals surface area contributed by atoms with Crippen molar-refractivity contribution in [3.8, 4) is 0 Å². The number of halogens is 1. The summed E-state index contributed by atoms with van der Waals surface area (Å²) in [5, 5.41) is 0. The lowest BCUT2D eigenvalue weighted by Gasteiger charge is -1.96. The van der Waals surface area contributed by atoms with Crippen LogP contribution in [0.15, 0.2) is 0 Å². The lowest BCUT2D eigenvalue weighted by atomic mass is 10.5. The van der Waals surface area contributed by atoms with Gasteiger partial charge in [0, 0.05) is 0 Å². The van der Waals surface area contributed by atoms with Crippen LogP contribution in [-0.2, 0) is 4.79 Å². The van der Waals surface area contributed by atoms with Crippen molar-refractivity contribution in [1.29, 1.82) is 0 Å². The van der Waals surface area contributed by atoms with Crippen molar-refractivity contribution in [1.82, 2.24) is 5.12 Å². The summed E-state index contributed by atoms with van der Waals surface area (Å²) in [6, 6.07) is 0. The monoisotopic (exact) mass is 104 g/mol. The summed E-state index contributed by atoms with van der Waals surface area (Å²) in [5.74, 6) is 0. The molecule has 0 saturated heterocycles. The van der Waals surface area contributed by atoms with Crippen molar-refractivity contribution in [3.05, 3.63) is 0 Å². The van der Waals surface area contributed by atoms with Gasteiger partial charge in [0.1, 0.15) is 0 Å². The molecule has 0 N–H and O–H groups in total. The Bertz CT molecular complexity index is 57.7. The topological polar surface area (TPSA) is 20.3 Å². The third-order valence-corrected chi connectivity index (χ3v) is 0.519. The molecule has 0 atom stereocenters. The highest BCUT2D eigenvalue weighted by Gasteiger charge is 1.92. The molecule has 0 bridgehead atoms. The molecule has 0 aromatic rings. The van der Waals surface area contributed by atoms with E-state index in [0.717, 1.165) is 6.41 Å². The molecule has 0 aliphatic carbocycles. The molecule has 0 fully saturated rings. The van der Waals surface area contributed by atoms with Gasteiger partial charge in [0.15, 0.2) is 0 Å². The zero-order valence-electron chi connectivity index (χ0n) is 4.15. The maximum absolute atomic E-state index is 11.5.